The second-order valence-corrected chi connectivity index (χ2v) is 9.12. The smallest absolute Gasteiger partial charge is 0.215 e. The molecule has 0 unspecified atom stereocenters. The first-order chi connectivity index (χ1) is 8.93. The molecule has 0 N–H and O–H groups in total. The number of ether oxygens (including phenoxy) is 1. The van der Waals surface area contributed by atoms with Gasteiger partial charge in [0.05, 0.1) is 3.57 Å². The van der Waals surface area contributed by atoms with Crippen LogP contribution in [0.4, 0.5) is 0 Å². The summed E-state index contributed by atoms with van der Waals surface area (Å²) in [7, 11) is -3.51. The molecule has 19 heavy (non-hydrogen) atoms. The zero-order valence-corrected chi connectivity index (χ0v) is 16.4. The van der Waals surface area contributed by atoms with Crippen molar-refractivity contribution in [3.63, 3.8) is 0 Å². The van der Waals surface area contributed by atoms with E-state index >= 15 is 0 Å². The van der Waals surface area contributed by atoms with Crippen molar-refractivity contribution in [1.29, 1.82) is 0 Å². The summed E-state index contributed by atoms with van der Waals surface area (Å²) in [4.78, 5) is 0.508. The molecule has 98 valence electrons. The van der Waals surface area contributed by atoms with E-state index in [-0.39, 0.29) is 9.79 Å². The number of hydrogen-bond donors (Lipinski definition) is 0. The first-order valence-electron chi connectivity index (χ1n) is 5.12. The Balaban J connectivity index is 2.44. The van der Waals surface area contributed by atoms with Crippen molar-refractivity contribution in [3.05, 3.63) is 41.0 Å². The molecule has 1 aliphatic rings. The number of rotatable bonds is 0. The van der Waals surface area contributed by atoms with Crippen LogP contribution in [0.25, 0.3) is 0 Å². The lowest BCUT2D eigenvalue weighted by atomic mass is 10.3. The van der Waals surface area contributed by atoms with Gasteiger partial charge >= 0.3 is 0 Å². The Hall–Kier alpha value is 0.380. The molecule has 0 aliphatic carbocycles. The fraction of sp³-hybridized carbons (Fsp3) is 0. The maximum atomic E-state index is 12.7. The van der Waals surface area contributed by atoms with Gasteiger partial charge in [0.25, 0.3) is 0 Å². The maximum Gasteiger partial charge on any atom is 0.215 e. The predicted molar refractivity (Wildman–Crippen MR) is 96.6 cm³/mol. The number of para-hydroxylation sites is 1. The molecule has 7 heteroatoms. The molecule has 0 bridgehead atoms. The molecule has 1 heterocycles. The summed E-state index contributed by atoms with van der Waals surface area (Å²) in [6.45, 7) is 0. The molecule has 0 saturated heterocycles. The van der Waals surface area contributed by atoms with Crippen molar-refractivity contribution in [2.24, 2.45) is 0 Å². The fourth-order valence-electron chi connectivity index (χ4n) is 1.87. The van der Waals surface area contributed by atoms with Crippen LogP contribution < -0.4 is 4.74 Å². The summed E-state index contributed by atoms with van der Waals surface area (Å²) in [6.07, 6.45) is 0. The highest BCUT2D eigenvalue weighted by atomic mass is 127. The number of benzene rings is 2. The van der Waals surface area contributed by atoms with E-state index in [1.165, 1.54) is 0 Å². The van der Waals surface area contributed by atoms with Gasteiger partial charge in [-0.05, 0) is 86.0 Å². The van der Waals surface area contributed by atoms with Gasteiger partial charge in [-0.2, -0.15) is 0 Å². The van der Waals surface area contributed by atoms with Gasteiger partial charge in [-0.15, -0.1) is 0 Å². The average molecular weight is 610 g/mol. The number of sulfone groups is 1. The number of halogens is 3. The maximum absolute atomic E-state index is 12.7. The van der Waals surface area contributed by atoms with Gasteiger partial charge in [-0.3, -0.25) is 0 Å². The Bertz CT molecular complexity index is 800. The van der Waals surface area contributed by atoms with Gasteiger partial charge in [0.15, 0.2) is 5.75 Å². The summed E-state index contributed by atoms with van der Waals surface area (Å²) >= 11 is 6.34. The zero-order chi connectivity index (χ0) is 13.8. The highest BCUT2D eigenvalue weighted by Crippen LogP contribution is 2.47. The first-order valence-corrected chi connectivity index (χ1v) is 9.84. The Morgan fingerprint density at radius 1 is 1.00 bits per heavy atom. The Morgan fingerprint density at radius 3 is 2.42 bits per heavy atom. The predicted octanol–water partition coefficient (Wildman–Crippen LogP) is 4.44. The molecular formula is C12H5I3O3S. The molecule has 3 nitrogen and oxygen atoms in total. The molecule has 0 aromatic heterocycles. The van der Waals surface area contributed by atoms with Crippen molar-refractivity contribution in [2.45, 2.75) is 9.79 Å². The second kappa shape index (κ2) is 4.98. The van der Waals surface area contributed by atoms with Gasteiger partial charge in [0, 0.05) is 7.14 Å². The highest BCUT2D eigenvalue weighted by Gasteiger charge is 2.35. The van der Waals surface area contributed by atoms with E-state index in [0.29, 0.717) is 15.1 Å². The third-order valence-electron chi connectivity index (χ3n) is 2.71. The third kappa shape index (κ3) is 2.20. The first kappa shape index (κ1) is 14.3. The lowest BCUT2D eigenvalue weighted by molar-refractivity contribution is 0.438. The summed E-state index contributed by atoms with van der Waals surface area (Å²) in [5.74, 6) is 0.835. The topological polar surface area (TPSA) is 43.4 Å². The van der Waals surface area contributed by atoms with Crippen LogP contribution in [0.1, 0.15) is 0 Å². The van der Waals surface area contributed by atoms with Gasteiger partial charge in [0.1, 0.15) is 15.5 Å². The Kier molecular flexibility index (Phi) is 3.76. The molecule has 0 fully saturated rings. The molecule has 0 saturated carbocycles. The zero-order valence-electron chi connectivity index (χ0n) is 9.15. The molecule has 0 spiro atoms. The summed E-state index contributed by atoms with van der Waals surface area (Å²) < 4.78 is 33.7. The minimum absolute atomic E-state index is 0.234. The van der Waals surface area contributed by atoms with Crippen molar-refractivity contribution < 1.29 is 13.2 Å². The van der Waals surface area contributed by atoms with E-state index in [4.69, 9.17) is 4.74 Å². The van der Waals surface area contributed by atoms with E-state index in [1.807, 2.05) is 28.7 Å². The second-order valence-electron chi connectivity index (χ2n) is 3.86. The molecule has 0 amide bonds. The third-order valence-corrected chi connectivity index (χ3v) is 8.73. The SMILES string of the molecule is O=S1(=O)c2ccccc2Oc2c(I)c(I)cc(I)c21. The summed E-state index contributed by atoms with van der Waals surface area (Å²) in [5.41, 5.74) is 0. The molecule has 2 aromatic rings. The van der Waals surface area contributed by atoms with Crippen LogP contribution in [-0.4, -0.2) is 8.42 Å². The van der Waals surface area contributed by atoms with Gasteiger partial charge in [-0.25, -0.2) is 8.42 Å². The van der Waals surface area contributed by atoms with Crippen LogP contribution in [0.3, 0.4) is 0 Å². The normalized spacial score (nSPS) is 15.3. The number of hydrogen-bond acceptors (Lipinski definition) is 3. The lowest BCUT2D eigenvalue weighted by Crippen LogP contribution is -2.14. The van der Waals surface area contributed by atoms with Crippen molar-refractivity contribution in [3.8, 4) is 11.5 Å². The van der Waals surface area contributed by atoms with Gasteiger partial charge in [-0.1, -0.05) is 12.1 Å². The van der Waals surface area contributed by atoms with E-state index in [9.17, 15) is 8.42 Å². The van der Waals surface area contributed by atoms with Crippen LogP contribution in [0.5, 0.6) is 11.5 Å². The monoisotopic (exact) mass is 610 g/mol. The molecule has 3 rings (SSSR count). The molecular weight excluding hydrogens is 605 g/mol. The van der Waals surface area contributed by atoms with Crippen LogP contribution in [0, 0.1) is 10.7 Å². The van der Waals surface area contributed by atoms with Crippen LogP contribution in [0.15, 0.2) is 40.1 Å². The van der Waals surface area contributed by atoms with E-state index in [0.717, 1.165) is 7.14 Å². The lowest BCUT2D eigenvalue weighted by Gasteiger charge is -2.22. The minimum atomic E-state index is -3.51. The fourth-order valence-corrected chi connectivity index (χ4v) is 6.73. The molecule has 0 atom stereocenters. The molecule has 1 aliphatic heterocycles. The van der Waals surface area contributed by atoms with Crippen molar-refractivity contribution >= 4 is 77.6 Å². The molecule has 0 radical (unpaired) electrons. The Morgan fingerprint density at radius 2 is 1.68 bits per heavy atom. The van der Waals surface area contributed by atoms with Crippen molar-refractivity contribution in [1.82, 2.24) is 0 Å². The standard InChI is InChI=1S/C12H5I3O3S/c13-6-5-7(14)12-11(10(6)15)18-8-3-1-2-4-9(8)19(12,16)17/h1-5H. The van der Waals surface area contributed by atoms with Gasteiger partial charge in [0.2, 0.25) is 9.84 Å². The molecule has 2 aromatic carbocycles. The largest absolute Gasteiger partial charge is 0.453 e. The highest BCUT2D eigenvalue weighted by molar-refractivity contribution is 14.1. The summed E-state index contributed by atoms with van der Waals surface area (Å²) in [5, 5.41) is 0. The number of fused-ring (bicyclic) bond motifs is 2. The van der Waals surface area contributed by atoms with Crippen LogP contribution in [0.2, 0.25) is 0 Å². The van der Waals surface area contributed by atoms with E-state index < -0.39 is 9.84 Å². The van der Waals surface area contributed by atoms with E-state index in [1.54, 1.807) is 24.3 Å². The quantitative estimate of drug-likeness (QED) is 0.280. The van der Waals surface area contributed by atoms with Crippen molar-refractivity contribution in [2.75, 3.05) is 0 Å². The van der Waals surface area contributed by atoms with Gasteiger partial charge < -0.3 is 4.74 Å². The van der Waals surface area contributed by atoms with E-state index in [2.05, 4.69) is 45.2 Å². The Labute approximate surface area is 151 Å². The van der Waals surface area contributed by atoms with Crippen LogP contribution >= 0.6 is 67.8 Å². The summed E-state index contributed by atoms with van der Waals surface area (Å²) in [6, 6.07) is 8.59. The average Bonchev–Trinajstić information content (AvgIpc) is 2.35. The minimum Gasteiger partial charge on any atom is -0.453 e. The van der Waals surface area contributed by atoms with Crippen LogP contribution in [-0.2, 0) is 9.84 Å².